The molecule has 0 aromatic carbocycles. The number of cyclic esters (lactones) is 2. The van der Waals surface area contributed by atoms with E-state index >= 15 is 0 Å². The molecule has 0 radical (unpaired) electrons. The predicted molar refractivity (Wildman–Crippen MR) is 75.4 cm³/mol. The summed E-state index contributed by atoms with van der Waals surface area (Å²) < 4.78 is 4.58. The Bertz CT molecular complexity index is 397. The van der Waals surface area contributed by atoms with Crippen LogP contribution in [0.5, 0.6) is 0 Å². The van der Waals surface area contributed by atoms with Crippen LogP contribution in [0.25, 0.3) is 0 Å². The fourth-order valence-corrected chi connectivity index (χ4v) is 3.21. The molecule has 0 aliphatic carbocycles. The molecule has 0 amide bonds. The van der Waals surface area contributed by atoms with E-state index in [1.165, 1.54) is 0 Å². The Morgan fingerprint density at radius 3 is 2.26 bits per heavy atom. The molecule has 19 heavy (non-hydrogen) atoms. The maximum atomic E-state index is 11.4. The summed E-state index contributed by atoms with van der Waals surface area (Å²) in [5.74, 6) is -1.04. The van der Waals surface area contributed by atoms with Gasteiger partial charge in [-0.15, -0.1) is 0 Å². The molecule has 1 atom stereocenters. The molecular formula is C16H26O3. The molecule has 1 unspecified atom stereocenters. The molecule has 1 rings (SSSR count). The Morgan fingerprint density at radius 2 is 1.84 bits per heavy atom. The van der Waals surface area contributed by atoms with Crippen molar-refractivity contribution in [3.05, 3.63) is 11.6 Å². The first kappa shape index (κ1) is 15.9. The van der Waals surface area contributed by atoms with Crippen LogP contribution in [0.2, 0.25) is 0 Å². The van der Waals surface area contributed by atoms with Gasteiger partial charge in [0.2, 0.25) is 0 Å². The zero-order valence-electron chi connectivity index (χ0n) is 13.0. The van der Waals surface area contributed by atoms with Gasteiger partial charge in [-0.05, 0) is 30.6 Å². The number of allylic oxidation sites excluding steroid dienone is 2. The van der Waals surface area contributed by atoms with Crippen molar-refractivity contribution in [3.8, 4) is 0 Å². The lowest BCUT2D eigenvalue weighted by atomic mass is 9.75. The van der Waals surface area contributed by atoms with Gasteiger partial charge in [-0.3, -0.25) is 9.59 Å². The van der Waals surface area contributed by atoms with Crippen molar-refractivity contribution in [2.45, 2.75) is 60.8 Å². The molecule has 3 nitrogen and oxygen atoms in total. The lowest BCUT2D eigenvalue weighted by Crippen LogP contribution is -2.19. The highest BCUT2D eigenvalue weighted by atomic mass is 16.6. The fraction of sp³-hybridized carbons (Fsp3) is 0.750. The second kappa shape index (κ2) is 5.48. The van der Waals surface area contributed by atoms with E-state index in [0.717, 1.165) is 12.0 Å². The van der Waals surface area contributed by atoms with E-state index in [2.05, 4.69) is 45.4 Å². The third-order valence-electron chi connectivity index (χ3n) is 3.15. The molecule has 0 saturated carbocycles. The van der Waals surface area contributed by atoms with Gasteiger partial charge >= 0.3 is 11.9 Å². The first-order chi connectivity index (χ1) is 8.48. The van der Waals surface area contributed by atoms with Crippen molar-refractivity contribution in [3.63, 3.8) is 0 Å². The van der Waals surface area contributed by atoms with E-state index in [1.807, 2.05) is 6.92 Å². The second-order valence-electron chi connectivity index (χ2n) is 7.61. The molecular weight excluding hydrogens is 240 g/mol. The lowest BCUT2D eigenvalue weighted by molar-refractivity contribution is -0.153. The zero-order chi connectivity index (χ0) is 14.8. The van der Waals surface area contributed by atoms with Crippen LogP contribution in [0.3, 0.4) is 0 Å². The third-order valence-corrected chi connectivity index (χ3v) is 3.15. The van der Waals surface area contributed by atoms with Gasteiger partial charge in [-0.1, -0.05) is 46.3 Å². The van der Waals surface area contributed by atoms with Crippen LogP contribution in [0.15, 0.2) is 11.6 Å². The standard InChI is InChI=1S/C16H26O3/c1-11(7-12-8-13(17)19-14(12)18)9-16(5,6)10-15(2,3)4/h9,12H,7-8,10H2,1-6H3/b11-9+. The maximum Gasteiger partial charge on any atom is 0.317 e. The average molecular weight is 266 g/mol. The predicted octanol–water partition coefficient (Wildman–Crippen LogP) is 3.87. The fourth-order valence-electron chi connectivity index (χ4n) is 3.21. The molecule has 0 N–H and O–H groups in total. The molecule has 0 aromatic rings. The van der Waals surface area contributed by atoms with E-state index in [4.69, 9.17) is 0 Å². The van der Waals surface area contributed by atoms with Crippen molar-refractivity contribution >= 4 is 11.9 Å². The first-order valence-corrected chi connectivity index (χ1v) is 6.91. The molecule has 3 heteroatoms. The van der Waals surface area contributed by atoms with Gasteiger partial charge in [-0.25, -0.2) is 0 Å². The normalized spacial score (nSPS) is 21.8. The number of rotatable bonds is 4. The average Bonchev–Trinajstić information content (AvgIpc) is 2.38. The van der Waals surface area contributed by atoms with Crippen LogP contribution in [0, 0.1) is 16.7 Å². The molecule has 1 heterocycles. The second-order valence-corrected chi connectivity index (χ2v) is 7.61. The quantitative estimate of drug-likeness (QED) is 0.440. The number of carbonyl (C=O) groups is 2. The van der Waals surface area contributed by atoms with Crippen LogP contribution in [-0.2, 0) is 14.3 Å². The van der Waals surface area contributed by atoms with Gasteiger partial charge in [0.25, 0.3) is 0 Å². The largest absolute Gasteiger partial charge is 0.393 e. The number of hydrogen-bond donors (Lipinski definition) is 0. The smallest absolute Gasteiger partial charge is 0.317 e. The number of hydrogen-bond acceptors (Lipinski definition) is 3. The van der Waals surface area contributed by atoms with Gasteiger partial charge in [0, 0.05) is 0 Å². The van der Waals surface area contributed by atoms with Gasteiger partial charge < -0.3 is 4.74 Å². The summed E-state index contributed by atoms with van der Waals surface area (Å²) in [5, 5.41) is 0. The minimum Gasteiger partial charge on any atom is -0.393 e. The SMILES string of the molecule is C/C(=C\C(C)(C)CC(C)(C)C)CC1CC(=O)OC1=O. The molecule has 1 fully saturated rings. The Labute approximate surface area is 116 Å². The highest BCUT2D eigenvalue weighted by molar-refractivity contribution is 5.94. The van der Waals surface area contributed by atoms with Crippen molar-refractivity contribution in [2.75, 3.05) is 0 Å². The molecule has 0 bridgehead atoms. The molecule has 0 aromatic heterocycles. The van der Waals surface area contributed by atoms with Crippen molar-refractivity contribution in [1.29, 1.82) is 0 Å². The Balaban J connectivity index is 2.66. The summed E-state index contributed by atoms with van der Waals surface area (Å²) in [4.78, 5) is 22.5. The van der Waals surface area contributed by atoms with Crippen molar-refractivity contribution < 1.29 is 14.3 Å². The highest BCUT2D eigenvalue weighted by Gasteiger charge is 2.33. The Morgan fingerprint density at radius 1 is 1.26 bits per heavy atom. The Hall–Kier alpha value is -1.12. The maximum absolute atomic E-state index is 11.4. The van der Waals surface area contributed by atoms with Gasteiger partial charge in [0.1, 0.15) is 0 Å². The van der Waals surface area contributed by atoms with Gasteiger partial charge in [0.15, 0.2) is 0 Å². The number of ether oxygens (including phenoxy) is 1. The Kier molecular flexibility index (Phi) is 4.59. The lowest BCUT2D eigenvalue weighted by Gasteiger charge is -2.30. The highest BCUT2D eigenvalue weighted by Crippen LogP contribution is 2.36. The van der Waals surface area contributed by atoms with Crippen molar-refractivity contribution in [1.82, 2.24) is 0 Å². The summed E-state index contributed by atoms with van der Waals surface area (Å²) in [6.45, 7) is 13.1. The summed E-state index contributed by atoms with van der Waals surface area (Å²) in [5.41, 5.74) is 1.52. The van der Waals surface area contributed by atoms with E-state index in [9.17, 15) is 9.59 Å². The number of esters is 2. The third kappa shape index (κ3) is 5.58. The monoisotopic (exact) mass is 266 g/mol. The van der Waals surface area contributed by atoms with Crippen LogP contribution in [0.4, 0.5) is 0 Å². The van der Waals surface area contributed by atoms with Gasteiger partial charge in [-0.2, -0.15) is 0 Å². The summed E-state index contributed by atoms with van der Waals surface area (Å²) in [6, 6.07) is 0. The molecule has 0 spiro atoms. The van der Waals surface area contributed by atoms with Crippen LogP contribution >= 0.6 is 0 Å². The first-order valence-electron chi connectivity index (χ1n) is 6.91. The summed E-state index contributed by atoms with van der Waals surface area (Å²) in [7, 11) is 0. The minimum atomic E-state index is -0.392. The van der Waals surface area contributed by atoms with Crippen LogP contribution < -0.4 is 0 Å². The molecule has 1 aliphatic rings. The molecule has 1 saturated heterocycles. The topological polar surface area (TPSA) is 43.4 Å². The zero-order valence-corrected chi connectivity index (χ0v) is 13.0. The van der Waals surface area contributed by atoms with Crippen molar-refractivity contribution in [2.24, 2.45) is 16.7 Å². The van der Waals surface area contributed by atoms with Gasteiger partial charge in [0.05, 0.1) is 12.3 Å². The van der Waals surface area contributed by atoms with E-state index in [0.29, 0.717) is 6.42 Å². The van der Waals surface area contributed by atoms with E-state index in [-0.39, 0.29) is 29.1 Å². The molecule has 108 valence electrons. The van der Waals surface area contributed by atoms with E-state index < -0.39 is 5.97 Å². The molecule has 1 aliphatic heterocycles. The van der Waals surface area contributed by atoms with Crippen LogP contribution in [-0.4, -0.2) is 11.9 Å². The minimum absolute atomic E-state index is 0.0921. The van der Waals surface area contributed by atoms with E-state index in [1.54, 1.807) is 0 Å². The number of carbonyl (C=O) groups excluding carboxylic acids is 2. The van der Waals surface area contributed by atoms with Crippen LogP contribution in [0.1, 0.15) is 60.8 Å². The summed E-state index contributed by atoms with van der Waals surface area (Å²) >= 11 is 0. The summed E-state index contributed by atoms with van der Waals surface area (Å²) in [6.07, 6.45) is 4.15.